The molecule has 0 fully saturated rings. The maximum absolute atomic E-state index is 13.2. The number of hydrazone groups is 1. The quantitative estimate of drug-likeness (QED) is 0.357. The zero-order chi connectivity index (χ0) is 25.6. The number of carbonyl (C=O) groups is 2. The van der Waals surface area contributed by atoms with Gasteiger partial charge in [0.05, 0.1) is 27.9 Å². The van der Waals surface area contributed by atoms with Crippen LogP contribution in [0.15, 0.2) is 88.9 Å². The van der Waals surface area contributed by atoms with E-state index in [1.165, 1.54) is 42.5 Å². The zero-order valence-electron chi connectivity index (χ0n) is 17.8. The smallest absolute Gasteiger partial charge is 0.416 e. The van der Waals surface area contributed by atoms with Gasteiger partial charge >= 0.3 is 12.1 Å². The fourth-order valence-electron chi connectivity index (χ4n) is 3.02. The van der Waals surface area contributed by atoms with Crippen LogP contribution in [0.2, 0.25) is 0 Å². The van der Waals surface area contributed by atoms with E-state index in [1.54, 1.807) is 12.1 Å². The van der Waals surface area contributed by atoms with Crippen LogP contribution in [-0.2, 0) is 21.0 Å². The molecule has 182 valence electrons. The monoisotopic (exact) mass is 505 g/mol. The van der Waals surface area contributed by atoms with Gasteiger partial charge in [0.2, 0.25) is 0 Å². The number of carboxylic acids is 1. The van der Waals surface area contributed by atoms with Crippen LogP contribution >= 0.6 is 0 Å². The predicted molar refractivity (Wildman–Crippen MR) is 122 cm³/mol. The topological polar surface area (TPSA) is 116 Å². The SMILES string of the molecule is O=C(CN(c1cccc(C(F)(F)F)c1)S(=O)(=O)c1ccccc1)N/N=C\c1ccccc1C(=O)O. The van der Waals surface area contributed by atoms with E-state index in [0.717, 1.165) is 24.4 Å². The lowest BCUT2D eigenvalue weighted by atomic mass is 10.1. The molecule has 0 bridgehead atoms. The van der Waals surface area contributed by atoms with Gasteiger partial charge in [-0.2, -0.15) is 18.3 Å². The minimum absolute atomic E-state index is 0.0808. The molecule has 1 amide bonds. The van der Waals surface area contributed by atoms with Gasteiger partial charge in [0.25, 0.3) is 15.9 Å². The number of carboxylic acid groups (broad SMARTS) is 1. The van der Waals surface area contributed by atoms with Gasteiger partial charge < -0.3 is 5.11 Å². The van der Waals surface area contributed by atoms with Gasteiger partial charge in [-0.15, -0.1) is 0 Å². The van der Waals surface area contributed by atoms with Crippen LogP contribution in [-0.4, -0.2) is 38.2 Å². The summed E-state index contributed by atoms with van der Waals surface area (Å²) >= 11 is 0. The second-order valence-electron chi connectivity index (χ2n) is 7.06. The molecular formula is C23H18F3N3O5S. The van der Waals surface area contributed by atoms with Gasteiger partial charge in [0.15, 0.2) is 0 Å². The van der Waals surface area contributed by atoms with Crippen LogP contribution in [0.5, 0.6) is 0 Å². The summed E-state index contributed by atoms with van der Waals surface area (Å²) < 4.78 is 66.6. The summed E-state index contributed by atoms with van der Waals surface area (Å²) in [6.07, 6.45) is -3.68. The van der Waals surface area contributed by atoms with Crippen molar-refractivity contribution in [3.8, 4) is 0 Å². The Labute approximate surface area is 198 Å². The average Bonchev–Trinajstić information content (AvgIpc) is 2.83. The summed E-state index contributed by atoms with van der Waals surface area (Å²) in [4.78, 5) is 23.6. The van der Waals surface area contributed by atoms with Gasteiger partial charge in [-0.05, 0) is 36.4 Å². The van der Waals surface area contributed by atoms with Gasteiger partial charge in [0, 0.05) is 5.56 Å². The summed E-state index contributed by atoms with van der Waals surface area (Å²) in [7, 11) is -4.43. The van der Waals surface area contributed by atoms with Gasteiger partial charge in [-0.25, -0.2) is 18.6 Å². The van der Waals surface area contributed by atoms with Crippen molar-refractivity contribution in [1.82, 2.24) is 5.43 Å². The molecule has 0 spiro atoms. The predicted octanol–water partition coefficient (Wildman–Crippen LogP) is 3.75. The number of amides is 1. The molecule has 3 rings (SSSR count). The highest BCUT2D eigenvalue weighted by Gasteiger charge is 2.33. The van der Waals surface area contributed by atoms with Gasteiger partial charge in [-0.3, -0.25) is 9.10 Å². The second kappa shape index (κ2) is 10.4. The van der Waals surface area contributed by atoms with E-state index in [-0.39, 0.29) is 21.7 Å². The standard InChI is InChI=1S/C23H18F3N3O5S/c24-23(25,26)17-8-6-9-18(13-17)29(35(33,34)19-10-2-1-3-11-19)15-21(30)28-27-14-16-7-4-5-12-20(16)22(31)32/h1-14H,15H2,(H,28,30)(H,31,32)/b27-14-. The second-order valence-corrected chi connectivity index (χ2v) is 8.92. The Balaban J connectivity index is 1.91. The molecule has 0 aliphatic carbocycles. The van der Waals surface area contributed by atoms with Gasteiger partial charge in [-0.1, -0.05) is 42.5 Å². The summed E-state index contributed by atoms with van der Waals surface area (Å²) in [5, 5.41) is 12.8. The molecule has 0 saturated carbocycles. The lowest BCUT2D eigenvalue weighted by Gasteiger charge is -2.24. The molecule has 8 nitrogen and oxygen atoms in total. The number of alkyl halides is 3. The molecule has 3 aromatic rings. The van der Waals surface area contributed by atoms with Crippen molar-refractivity contribution < 1.29 is 36.3 Å². The number of hydrogen-bond donors (Lipinski definition) is 2. The number of aromatic carboxylic acids is 1. The zero-order valence-corrected chi connectivity index (χ0v) is 18.6. The maximum Gasteiger partial charge on any atom is 0.416 e. The Hall–Kier alpha value is -4.19. The van der Waals surface area contributed by atoms with E-state index in [9.17, 15) is 36.3 Å². The summed E-state index contributed by atoms with van der Waals surface area (Å²) in [6.45, 7) is -0.892. The van der Waals surface area contributed by atoms with Crippen molar-refractivity contribution in [1.29, 1.82) is 0 Å². The number of halogens is 3. The number of hydrogen-bond acceptors (Lipinski definition) is 5. The van der Waals surface area contributed by atoms with Crippen LogP contribution in [0, 0.1) is 0 Å². The molecule has 0 heterocycles. The number of sulfonamides is 1. The first-order valence-corrected chi connectivity index (χ1v) is 11.3. The van der Waals surface area contributed by atoms with E-state index in [0.29, 0.717) is 10.4 Å². The Morgan fingerprint density at radius 1 is 0.971 bits per heavy atom. The number of nitrogens with zero attached hydrogens (tertiary/aromatic N) is 2. The van der Waals surface area contributed by atoms with Crippen LogP contribution in [0.4, 0.5) is 18.9 Å². The lowest BCUT2D eigenvalue weighted by Crippen LogP contribution is -2.39. The maximum atomic E-state index is 13.2. The van der Waals surface area contributed by atoms with Crippen molar-refractivity contribution in [3.63, 3.8) is 0 Å². The molecule has 0 atom stereocenters. The molecule has 0 radical (unpaired) electrons. The molecular weight excluding hydrogens is 487 g/mol. The normalized spacial score (nSPS) is 11.9. The summed E-state index contributed by atoms with van der Waals surface area (Å²) in [5.74, 6) is -2.19. The van der Waals surface area contributed by atoms with Crippen LogP contribution < -0.4 is 9.73 Å². The third-order valence-corrected chi connectivity index (χ3v) is 6.45. The molecule has 0 unspecified atom stereocenters. The lowest BCUT2D eigenvalue weighted by molar-refractivity contribution is -0.137. The third kappa shape index (κ3) is 6.23. The number of rotatable bonds is 8. The van der Waals surface area contributed by atoms with Crippen LogP contribution in [0.25, 0.3) is 0 Å². The van der Waals surface area contributed by atoms with E-state index in [2.05, 4.69) is 10.5 Å². The minimum Gasteiger partial charge on any atom is -0.478 e. The number of anilines is 1. The van der Waals surface area contributed by atoms with Crippen LogP contribution in [0.3, 0.4) is 0 Å². The molecule has 3 aromatic carbocycles. The first-order chi connectivity index (χ1) is 16.5. The summed E-state index contributed by atoms with van der Waals surface area (Å²) in [6, 6.07) is 16.3. The van der Waals surface area contributed by atoms with Crippen molar-refractivity contribution in [3.05, 3.63) is 95.6 Å². The fourth-order valence-corrected chi connectivity index (χ4v) is 4.45. The van der Waals surface area contributed by atoms with E-state index in [4.69, 9.17) is 0 Å². The molecule has 0 aromatic heterocycles. The average molecular weight is 505 g/mol. The molecule has 0 aliphatic rings. The molecule has 0 aliphatic heterocycles. The van der Waals surface area contributed by atoms with Crippen molar-refractivity contribution in [2.24, 2.45) is 5.10 Å². The Morgan fingerprint density at radius 2 is 1.63 bits per heavy atom. The molecule has 12 heteroatoms. The highest BCUT2D eigenvalue weighted by Crippen LogP contribution is 2.33. The van der Waals surface area contributed by atoms with Gasteiger partial charge in [0.1, 0.15) is 6.54 Å². The fraction of sp³-hybridized carbons (Fsp3) is 0.0870. The third-order valence-electron chi connectivity index (χ3n) is 4.66. The number of benzene rings is 3. The van der Waals surface area contributed by atoms with Crippen molar-refractivity contribution in [2.75, 3.05) is 10.8 Å². The first kappa shape index (κ1) is 25.4. The highest BCUT2D eigenvalue weighted by atomic mass is 32.2. The summed E-state index contributed by atoms with van der Waals surface area (Å²) in [5.41, 5.74) is 0.701. The van der Waals surface area contributed by atoms with E-state index in [1.807, 2.05) is 0 Å². The Morgan fingerprint density at radius 3 is 2.29 bits per heavy atom. The minimum atomic E-state index is -4.73. The van der Waals surface area contributed by atoms with Crippen molar-refractivity contribution in [2.45, 2.75) is 11.1 Å². The Kier molecular flexibility index (Phi) is 7.55. The largest absolute Gasteiger partial charge is 0.478 e. The van der Waals surface area contributed by atoms with E-state index < -0.39 is 40.2 Å². The van der Waals surface area contributed by atoms with E-state index >= 15 is 0 Å². The number of carbonyl (C=O) groups excluding carboxylic acids is 1. The Bertz CT molecular complexity index is 1360. The number of nitrogens with one attached hydrogen (secondary N) is 1. The highest BCUT2D eigenvalue weighted by molar-refractivity contribution is 7.92. The van der Waals surface area contributed by atoms with Crippen molar-refractivity contribution >= 4 is 33.8 Å². The van der Waals surface area contributed by atoms with Crippen LogP contribution in [0.1, 0.15) is 21.5 Å². The molecule has 2 N–H and O–H groups in total. The first-order valence-electron chi connectivity index (χ1n) is 9.89. The molecule has 0 saturated heterocycles. The molecule has 35 heavy (non-hydrogen) atoms.